The predicted octanol–water partition coefficient (Wildman–Crippen LogP) is 4.96. The molecule has 0 unspecified atom stereocenters. The molecule has 5 heteroatoms. The molecule has 0 saturated carbocycles. The Morgan fingerprint density at radius 3 is 2.23 bits per heavy atom. The zero-order valence-corrected chi connectivity index (χ0v) is 17.2. The maximum Gasteiger partial charge on any atom is 0.238 e. The van der Waals surface area contributed by atoms with Crippen LogP contribution in [0.5, 0.6) is 0 Å². The molecule has 1 N–H and O–H groups in total. The number of hydrogen-bond donors (Lipinski definition) is 1. The van der Waals surface area contributed by atoms with Gasteiger partial charge in [-0.2, -0.15) is 5.26 Å². The van der Waals surface area contributed by atoms with E-state index in [0.29, 0.717) is 18.7 Å². The Kier molecular flexibility index (Phi) is 6.95. The average molecular weight is 401 g/mol. The third-order valence-corrected chi connectivity index (χ3v) is 4.90. The van der Waals surface area contributed by atoms with Gasteiger partial charge in [0.2, 0.25) is 5.91 Å². The standard InChI is InChI=1S/C25H24FN3O/c1-18-5-3-6-19(2)25(18)28-24(30)17-29(16-22-7-4-8-23(26)13-22)15-21-11-9-20(14-27)10-12-21/h3-13H,15-17H2,1-2H3,(H,28,30). The lowest BCUT2D eigenvalue weighted by atomic mass is 10.1. The number of para-hydroxylation sites is 1. The Morgan fingerprint density at radius 1 is 0.967 bits per heavy atom. The van der Waals surface area contributed by atoms with E-state index in [9.17, 15) is 9.18 Å². The van der Waals surface area contributed by atoms with E-state index in [2.05, 4.69) is 11.4 Å². The molecule has 0 aliphatic carbocycles. The number of amides is 1. The number of carbonyl (C=O) groups excluding carboxylic acids is 1. The molecule has 1 amide bonds. The summed E-state index contributed by atoms with van der Waals surface area (Å²) >= 11 is 0. The fourth-order valence-electron chi connectivity index (χ4n) is 3.40. The van der Waals surface area contributed by atoms with E-state index in [1.54, 1.807) is 18.2 Å². The van der Waals surface area contributed by atoms with Gasteiger partial charge in [-0.3, -0.25) is 9.69 Å². The van der Waals surface area contributed by atoms with Crippen molar-refractivity contribution in [1.82, 2.24) is 4.90 Å². The van der Waals surface area contributed by atoms with Crippen molar-refractivity contribution in [2.75, 3.05) is 11.9 Å². The summed E-state index contributed by atoms with van der Waals surface area (Å²) in [4.78, 5) is 14.8. The molecule has 0 saturated heterocycles. The molecule has 30 heavy (non-hydrogen) atoms. The molecule has 0 atom stereocenters. The molecule has 0 aliphatic heterocycles. The first-order chi connectivity index (χ1) is 14.4. The molecule has 3 aromatic carbocycles. The van der Waals surface area contributed by atoms with Crippen molar-refractivity contribution in [1.29, 1.82) is 5.26 Å². The fraction of sp³-hybridized carbons (Fsp3) is 0.200. The first-order valence-electron chi connectivity index (χ1n) is 9.76. The van der Waals surface area contributed by atoms with Crippen molar-refractivity contribution in [3.63, 3.8) is 0 Å². The quantitative estimate of drug-likeness (QED) is 0.609. The lowest BCUT2D eigenvalue weighted by molar-refractivity contribution is -0.117. The summed E-state index contributed by atoms with van der Waals surface area (Å²) in [7, 11) is 0. The van der Waals surface area contributed by atoms with Crippen LogP contribution in [0, 0.1) is 31.0 Å². The Hall–Kier alpha value is -3.49. The maximum absolute atomic E-state index is 13.6. The monoisotopic (exact) mass is 401 g/mol. The van der Waals surface area contributed by atoms with Crippen LogP contribution in [0.2, 0.25) is 0 Å². The number of carbonyl (C=O) groups is 1. The largest absolute Gasteiger partial charge is 0.324 e. The summed E-state index contributed by atoms with van der Waals surface area (Å²) in [5.41, 5.74) is 5.20. The summed E-state index contributed by atoms with van der Waals surface area (Å²) in [6.45, 7) is 5.01. The highest BCUT2D eigenvalue weighted by atomic mass is 19.1. The van der Waals surface area contributed by atoms with Crippen LogP contribution in [0.1, 0.15) is 27.8 Å². The van der Waals surface area contributed by atoms with Crippen LogP contribution < -0.4 is 5.32 Å². The van der Waals surface area contributed by atoms with Crippen molar-refractivity contribution in [2.24, 2.45) is 0 Å². The predicted molar refractivity (Wildman–Crippen MR) is 116 cm³/mol. The number of halogens is 1. The number of anilines is 1. The fourth-order valence-corrected chi connectivity index (χ4v) is 3.40. The van der Waals surface area contributed by atoms with Crippen LogP contribution >= 0.6 is 0 Å². The Labute approximate surface area is 176 Å². The normalized spacial score (nSPS) is 10.6. The van der Waals surface area contributed by atoms with Crippen molar-refractivity contribution in [3.05, 3.63) is 100 Å². The van der Waals surface area contributed by atoms with E-state index in [4.69, 9.17) is 5.26 Å². The molecule has 152 valence electrons. The molecule has 0 aromatic heterocycles. The van der Waals surface area contributed by atoms with E-state index in [0.717, 1.165) is 27.9 Å². The second-order valence-corrected chi connectivity index (χ2v) is 7.40. The van der Waals surface area contributed by atoms with Crippen molar-refractivity contribution in [2.45, 2.75) is 26.9 Å². The SMILES string of the molecule is Cc1cccc(C)c1NC(=O)CN(Cc1ccc(C#N)cc1)Cc1cccc(F)c1. The highest BCUT2D eigenvalue weighted by molar-refractivity contribution is 5.93. The highest BCUT2D eigenvalue weighted by Gasteiger charge is 2.14. The van der Waals surface area contributed by atoms with Crippen LogP contribution in [-0.2, 0) is 17.9 Å². The smallest absolute Gasteiger partial charge is 0.238 e. The number of hydrogen-bond acceptors (Lipinski definition) is 3. The van der Waals surface area contributed by atoms with Gasteiger partial charge < -0.3 is 5.32 Å². The third-order valence-electron chi connectivity index (χ3n) is 4.90. The number of nitrogens with zero attached hydrogens (tertiary/aromatic N) is 2. The highest BCUT2D eigenvalue weighted by Crippen LogP contribution is 2.20. The second-order valence-electron chi connectivity index (χ2n) is 7.40. The summed E-state index contributed by atoms with van der Waals surface area (Å²) < 4.78 is 13.6. The van der Waals surface area contributed by atoms with Crippen LogP contribution in [-0.4, -0.2) is 17.4 Å². The topological polar surface area (TPSA) is 56.1 Å². The minimum atomic E-state index is -0.300. The molecule has 0 spiro atoms. The van der Waals surface area contributed by atoms with Crippen LogP contribution in [0.15, 0.2) is 66.7 Å². The molecular weight excluding hydrogens is 377 g/mol. The molecule has 3 rings (SSSR count). The van der Waals surface area contributed by atoms with E-state index < -0.39 is 0 Å². The molecule has 0 aliphatic rings. The van der Waals surface area contributed by atoms with Gasteiger partial charge in [-0.25, -0.2) is 4.39 Å². The molecule has 0 radical (unpaired) electrons. The van der Waals surface area contributed by atoms with Gasteiger partial charge in [0, 0.05) is 18.8 Å². The number of rotatable bonds is 7. The maximum atomic E-state index is 13.6. The molecule has 4 nitrogen and oxygen atoms in total. The van der Waals surface area contributed by atoms with E-state index in [1.807, 2.05) is 55.1 Å². The van der Waals surface area contributed by atoms with Gasteiger partial charge in [0.15, 0.2) is 0 Å². The second kappa shape index (κ2) is 9.82. The van der Waals surface area contributed by atoms with Crippen molar-refractivity contribution < 1.29 is 9.18 Å². The van der Waals surface area contributed by atoms with Gasteiger partial charge in [0.25, 0.3) is 0 Å². The minimum absolute atomic E-state index is 0.127. The lowest BCUT2D eigenvalue weighted by Crippen LogP contribution is -2.33. The van der Waals surface area contributed by atoms with E-state index in [-0.39, 0.29) is 18.3 Å². The van der Waals surface area contributed by atoms with Gasteiger partial charge in [-0.15, -0.1) is 0 Å². The molecule has 0 fully saturated rings. The van der Waals surface area contributed by atoms with Crippen LogP contribution in [0.4, 0.5) is 10.1 Å². The zero-order chi connectivity index (χ0) is 21.5. The number of benzene rings is 3. The summed E-state index contributed by atoms with van der Waals surface area (Å²) in [5.74, 6) is -0.428. The number of nitriles is 1. The Bertz CT molecular complexity index is 1050. The summed E-state index contributed by atoms with van der Waals surface area (Å²) in [6.07, 6.45) is 0. The van der Waals surface area contributed by atoms with Crippen LogP contribution in [0.25, 0.3) is 0 Å². The van der Waals surface area contributed by atoms with Crippen molar-refractivity contribution >= 4 is 11.6 Å². The van der Waals surface area contributed by atoms with Gasteiger partial charge in [0.05, 0.1) is 18.2 Å². The minimum Gasteiger partial charge on any atom is -0.324 e. The molecule has 3 aromatic rings. The van der Waals surface area contributed by atoms with E-state index in [1.165, 1.54) is 12.1 Å². The average Bonchev–Trinajstić information content (AvgIpc) is 2.71. The van der Waals surface area contributed by atoms with Gasteiger partial charge in [-0.1, -0.05) is 42.5 Å². The first-order valence-corrected chi connectivity index (χ1v) is 9.76. The molecule has 0 heterocycles. The summed E-state index contributed by atoms with van der Waals surface area (Å²) in [6, 6.07) is 21.7. The molecular formula is C25H24FN3O. The van der Waals surface area contributed by atoms with Gasteiger partial charge in [0.1, 0.15) is 5.82 Å². The third kappa shape index (κ3) is 5.76. The van der Waals surface area contributed by atoms with E-state index >= 15 is 0 Å². The Balaban J connectivity index is 1.77. The van der Waals surface area contributed by atoms with Gasteiger partial charge in [-0.05, 0) is 60.4 Å². The van der Waals surface area contributed by atoms with Crippen LogP contribution in [0.3, 0.4) is 0 Å². The van der Waals surface area contributed by atoms with Gasteiger partial charge >= 0.3 is 0 Å². The summed E-state index contributed by atoms with van der Waals surface area (Å²) in [5, 5.41) is 12.0. The van der Waals surface area contributed by atoms with Crippen molar-refractivity contribution in [3.8, 4) is 6.07 Å². The molecule has 0 bridgehead atoms. The number of aryl methyl sites for hydroxylation is 2. The first kappa shape index (κ1) is 21.2. The lowest BCUT2D eigenvalue weighted by Gasteiger charge is -2.23. The number of nitrogens with one attached hydrogen (secondary N) is 1. The zero-order valence-electron chi connectivity index (χ0n) is 17.2. The Morgan fingerprint density at radius 2 is 1.60 bits per heavy atom.